The van der Waals surface area contributed by atoms with Gasteiger partial charge in [0, 0.05) is 11.6 Å². The molecule has 7 heteroatoms. The number of carbonyl (C=O) groups is 2. The van der Waals surface area contributed by atoms with Gasteiger partial charge in [0.05, 0.1) is 20.2 Å². The minimum absolute atomic E-state index is 0.0222. The van der Waals surface area contributed by atoms with E-state index in [0.717, 1.165) is 12.8 Å². The summed E-state index contributed by atoms with van der Waals surface area (Å²) in [7, 11) is 1.34. The Labute approximate surface area is 146 Å². The van der Waals surface area contributed by atoms with Gasteiger partial charge in [0.25, 0.3) is 0 Å². The second-order valence-electron chi connectivity index (χ2n) is 6.12. The molecule has 0 saturated carbocycles. The number of hydrogen-bond donors (Lipinski definition) is 0. The average Bonchev–Trinajstić information content (AvgIpc) is 2.56. The Morgan fingerprint density at radius 1 is 1.25 bits per heavy atom. The van der Waals surface area contributed by atoms with E-state index >= 15 is 0 Å². The van der Waals surface area contributed by atoms with E-state index < -0.39 is 12.1 Å². The van der Waals surface area contributed by atoms with Gasteiger partial charge in [-0.3, -0.25) is 9.69 Å². The first-order valence-electron chi connectivity index (χ1n) is 8.14. The molecule has 0 aliphatic carbocycles. The molecule has 2 saturated heterocycles. The van der Waals surface area contributed by atoms with Crippen LogP contribution in [0.2, 0.25) is 5.02 Å². The normalized spacial score (nSPS) is 21.2. The lowest BCUT2D eigenvalue weighted by Gasteiger charge is -2.43. The van der Waals surface area contributed by atoms with Gasteiger partial charge in [-0.1, -0.05) is 17.7 Å². The largest absolute Gasteiger partial charge is 0.487 e. The van der Waals surface area contributed by atoms with Gasteiger partial charge in [0.1, 0.15) is 17.9 Å². The van der Waals surface area contributed by atoms with Gasteiger partial charge in [-0.15, -0.1) is 0 Å². The van der Waals surface area contributed by atoms with Gasteiger partial charge in [-0.05, 0) is 37.5 Å². The van der Waals surface area contributed by atoms with Crippen molar-refractivity contribution < 1.29 is 19.1 Å². The van der Waals surface area contributed by atoms with Gasteiger partial charge in [-0.2, -0.15) is 0 Å². The number of benzene rings is 1. The molecule has 2 heterocycles. The van der Waals surface area contributed by atoms with Gasteiger partial charge < -0.3 is 14.4 Å². The number of likely N-dealkylation sites (tertiary alicyclic amines) is 2. The standard InChI is InChI=1S/C17H21ClN2O4/c1-23-17(22)20-8-3-2-7-15(20)16(21)19-10-14(11-19)24-13-6-4-5-12(18)9-13/h4-6,9,14-15H,2-3,7-8,10-11H2,1H3/t15-/m0/s1. The van der Waals surface area contributed by atoms with E-state index in [0.29, 0.717) is 36.8 Å². The lowest BCUT2D eigenvalue weighted by Crippen LogP contribution is -2.62. The molecule has 2 aliphatic rings. The van der Waals surface area contributed by atoms with Crippen LogP contribution in [-0.2, 0) is 9.53 Å². The first-order valence-corrected chi connectivity index (χ1v) is 8.52. The average molecular weight is 353 g/mol. The monoisotopic (exact) mass is 352 g/mol. The molecule has 1 aromatic carbocycles. The fraction of sp³-hybridized carbons (Fsp3) is 0.529. The van der Waals surface area contributed by atoms with Crippen LogP contribution in [0.25, 0.3) is 0 Å². The van der Waals surface area contributed by atoms with Gasteiger partial charge in [0.15, 0.2) is 0 Å². The zero-order valence-electron chi connectivity index (χ0n) is 13.6. The van der Waals surface area contributed by atoms with Gasteiger partial charge in [0.2, 0.25) is 5.91 Å². The van der Waals surface area contributed by atoms with Crippen molar-refractivity contribution >= 4 is 23.6 Å². The summed E-state index contributed by atoms with van der Waals surface area (Å²) >= 11 is 5.94. The predicted molar refractivity (Wildman–Crippen MR) is 89.2 cm³/mol. The van der Waals surface area contributed by atoms with Crippen LogP contribution in [0.5, 0.6) is 5.75 Å². The van der Waals surface area contributed by atoms with Crippen LogP contribution in [0.3, 0.4) is 0 Å². The highest BCUT2D eigenvalue weighted by Gasteiger charge is 2.40. The van der Waals surface area contributed by atoms with Crippen LogP contribution in [0.4, 0.5) is 4.79 Å². The fourth-order valence-corrected chi connectivity index (χ4v) is 3.34. The first-order chi connectivity index (χ1) is 11.6. The Bertz CT molecular complexity index is 618. The Balaban J connectivity index is 1.54. The highest BCUT2D eigenvalue weighted by atomic mass is 35.5. The molecule has 0 N–H and O–H groups in total. The third-order valence-electron chi connectivity index (χ3n) is 4.46. The molecule has 2 aliphatic heterocycles. The Hall–Kier alpha value is -1.95. The molecular formula is C17H21ClN2O4. The van der Waals surface area contributed by atoms with Crippen LogP contribution in [0.15, 0.2) is 24.3 Å². The molecule has 130 valence electrons. The minimum Gasteiger partial charge on any atom is -0.487 e. The number of halogens is 1. The van der Waals surface area contributed by atoms with Crippen LogP contribution in [0, 0.1) is 0 Å². The number of ether oxygens (including phenoxy) is 2. The summed E-state index contributed by atoms with van der Waals surface area (Å²) in [6, 6.07) is 6.80. The van der Waals surface area contributed by atoms with Crippen LogP contribution in [-0.4, -0.2) is 60.7 Å². The Morgan fingerprint density at radius 2 is 2.04 bits per heavy atom. The third-order valence-corrected chi connectivity index (χ3v) is 4.69. The van der Waals surface area contributed by atoms with E-state index in [1.165, 1.54) is 12.0 Å². The van der Waals surface area contributed by atoms with Crippen LogP contribution >= 0.6 is 11.6 Å². The molecule has 3 rings (SSSR count). The number of rotatable bonds is 3. The third kappa shape index (κ3) is 3.59. The number of hydrogen-bond acceptors (Lipinski definition) is 4. The summed E-state index contributed by atoms with van der Waals surface area (Å²) in [5.74, 6) is 0.680. The molecule has 0 unspecified atom stereocenters. The van der Waals surface area contributed by atoms with E-state index in [2.05, 4.69) is 0 Å². The summed E-state index contributed by atoms with van der Waals surface area (Å²) in [6.07, 6.45) is 2.06. The zero-order chi connectivity index (χ0) is 17.1. The van der Waals surface area contributed by atoms with Gasteiger partial charge in [-0.25, -0.2) is 4.79 Å². The smallest absolute Gasteiger partial charge is 0.410 e. The molecule has 2 amide bonds. The Morgan fingerprint density at radius 3 is 2.75 bits per heavy atom. The molecule has 24 heavy (non-hydrogen) atoms. The molecule has 2 fully saturated rings. The Kier molecular flexibility index (Phi) is 5.14. The first kappa shape index (κ1) is 16.9. The summed E-state index contributed by atoms with van der Waals surface area (Å²) < 4.78 is 10.6. The maximum Gasteiger partial charge on any atom is 0.410 e. The van der Waals surface area contributed by atoms with E-state index in [4.69, 9.17) is 21.1 Å². The van der Waals surface area contributed by atoms with Crippen LogP contribution < -0.4 is 4.74 Å². The second kappa shape index (κ2) is 7.30. The zero-order valence-corrected chi connectivity index (χ0v) is 14.4. The quantitative estimate of drug-likeness (QED) is 0.838. The van der Waals surface area contributed by atoms with Crippen molar-refractivity contribution in [2.45, 2.75) is 31.4 Å². The molecular weight excluding hydrogens is 332 g/mol. The second-order valence-corrected chi connectivity index (χ2v) is 6.55. The number of amides is 2. The summed E-state index contributed by atoms with van der Waals surface area (Å²) in [5.41, 5.74) is 0. The minimum atomic E-state index is -0.430. The molecule has 1 atom stereocenters. The lowest BCUT2D eigenvalue weighted by molar-refractivity contribution is -0.146. The van der Waals surface area contributed by atoms with Crippen molar-refractivity contribution in [2.24, 2.45) is 0 Å². The summed E-state index contributed by atoms with van der Waals surface area (Å²) in [4.78, 5) is 27.8. The number of carbonyl (C=O) groups excluding carboxylic acids is 2. The van der Waals surface area contributed by atoms with Crippen molar-refractivity contribution in [3.05, 3.63) is 29.3 Å². The van der Waals surface area contributed by atoms with E-state index in [1.54, 1.807) is 17.0 Å². The van der Waals surface area contributed by atoms with E-state index in [9.17, 15) is 9.59 Å². The fourth-order valence-electron chi connectivity index (χ4n) is 3.16. The molecule has 0 radical (unpaired) electrons. The molecule has 0 aromatic heterocycles. The molecule has 1 aromatic rings. The predicted octanol–water partition coefficient (Wildman–Crippen LogP) is 2.55. The number of methoxy groups -OCH3 is 1. The van der Waals surface area contributed by atoms with Crippen molar-refractivity contribution in [3.8, 4) is 5.75 Å². The summed E-state index contributed by atoms with van der Waals surface area (Å²) in [5, 5.41) is 0.621. The maximum atomic E-state index is 12.7. The molecule has 0 bridgehead atoms. The molecule has 0 spiro atoms. The molecule has 6 nitrogen and oxygen atoms in total. The summed E-state index contributed by atoms with van der Waals surface area (Å²) in [6.45, 7) is 1.62. The van der Waals surface area contributed by atoms with Crippen molar-refractivity contribution in [3.63, 3.8) is 0 Å². The van der Waals surface area contributed by atoms with Crippen molar-refractivity contribution in [1.29, 1.82) is 0 Å². The van der Waals surface area contributed by atoms with Crippen LogP contribution in [0.1, 0.15) is 19.3 Å². The highest BCUT2D eigenvalue weighted by molar-refractivity contribution is 6.30. The highest BCUT2D eigenvalue weighted by Crippen LogP contribution is 2.25. The topological polar surface area (TPSA) is 59.1 Å². The van der Waals surface area contributed by atoms with Gasteiger partial charge >= 0.3 is 6.09 Å². The lowest BCUT2D eigenvalue weighted by atomic mass is 9.99. The number of piperidine rings is 1. The number of nitrogens with zero attached hydrogens (tertiary/aromatic N) is 2. The van der Waals surface area contributed by atoms with E-state index in [-0.39, 0.29) is 12.0 Å². The SMILES string of the molecule is COC(=O)N1CCCC[C@H]1C(=O)N1CC(Oc2cccc(Cl)c2)C1. The van der Waals surface area contributed by atoms with Crippen molar-refractivity contribution in [2.75, 3.05) is 26.7 Å². The maximum absolute atomic E-state index is 12.7. The van der Waals surface area contributed by atoms with Crippen molar-refractivity contribution in [1.82, 2.24) is 9.80 Å². The van der Waals surface area contributed by atoms with E-state index in [1.807, 2.05) is 12.1 Å².